The van der Waals surface area contributed by atoms with Crippen molar-refractivity contribution in [1.29, 1.82) is 0 Å². The van der Waals surface area contributed by atoms with Crippen LogP contribution in [0.15, 0.2) is 12.1 Å². The fourth-order valence-corrected chi connectivity index (χ4v) is 0.695. The second-order valence-corrected chi connectivity index (χ2v) is 2.95. The number of thiol groups is 1. The van der Waals surface area contributed by atoms with Crippen LogP contribution in [0.4, 0.5) is 0 Å². The van der Waals surface area contributed by atoms with Crippen LogP contribution in [0.2, 0.25) is 10.3 Å². The average Bonchev–Trinajstić information content (AvgIpc) is 2.22. The van der Waals surface area contributed by atoms with Crippen molar-refractivity contribution in [2.45, 2.75) is 13.3 Å². The molecule has 0 aliphatic rings. The van der Waals surface area contributed by atoms with Gasteiger partial charge in [0.15, 0.2) is 10.3 Å². The van der Waals surface area contributed by atoms with E-state index in [0.717, 1.165) is 0 Å². The van der Waals surface area contributed by atoms with Gasteiger partial charge in [-0.2, -0.15) is 0 Å². The molecule has 1 aromatic heterocycles. The van der Waals surface area contributed by atoms with Crippen molar-refractivity contribution in [1.82, 2.24) is 10.2 Å². The highest BCUT2D eigenvalue weighted by Gasteiger charge is 1.89. The quantitative estimate of drug-likeness (QED) is 0.619. The van der Waals surface area contributed by atoms with Gasteiger partial charge in [0.05, 0.1) is 0 Å². The molecule has 0 spiro atoms. The lowest BCUT2D eigenvalue weighted by Crippen LogP contribution is -1.90. The summed E-state index contributed by atoms with van der Waals surface area (Å²) in [6.45, 7) is 1.71. The fraction of sp³-hybridized carbons (Fsp3) is 0.286. The van der Waals surface area contributed by atoms with Gasteiger partial charge < -0.3 is 4.18 Å². The first-order chi connectivity index (χ1) is 6.60. The zero-order valence-electron chi connectivity index (χ0n) is 7.28. The Hall–Kier alpha value is -0.520. The minimum absolute atomic E-state index is 0.293. The Bertz CT molecular complexity index is 255. The molecule has 0 N–H and O–H groups in total. The zero-order chi connectivity index (χ0) is 11.0. The van der Waals surface area contributed by atoms with Gasteiger partial charge in [0.25, 0.3) is 0 Å². The Morgan fingerprint density at radius 3 is 2.00 bits per heavy atom. The number of nitrogens with zero attached hydrogens (tertiary/aromatic N) is 2. The first-order valence-corrected chi connectivity index (χ1v) is 4.71. The summed E-state index contributed by atoms with van der Waals surface area (Å²) >= 11 is 14.0. The summed E-state index contributed by atoms with van der Waals surface area (Å²) < 4.78 is 3.95. The molecule has 0 aromatic carbocycles. The van der Waals surface area contributed by atoms with Gasteiger partial charge in [0, 0.05) is 19.3 Å². The van der Waals surface area contributed by atoms with Crippen LogP contribution in [0.1, 0.15) is 13.3 Å². The van der Waals surface area contributed by atoms with Crippen LogP contribution < -0.4 is 0 Å². The molecule has 0 saturated heterocycles. The lowest BCUT2D eigenvalue weighted by molar-refractivity contribution is -0.132. The summed E-state index contributed by atoms with van der Waals surface area (Å²) in [6.07, 6.45) is 0.392. The second-order valence-electron chi connectivity index (χ2n) is 2.00. The van der Waals surface area contributed by atoms with Gasteiger partial charge in [-0.1, -0.05) is 30.1 Å². The number of carbonyl (C=O) groups is 1. The van der Waals surface area contributed by atoms with E-state index in [4.69, 9.17) is 23.2 Å². The molecule has 0 atom stereocenters. The number of hydrogen-bond donors (Lipinski definition) is 1. The Labute approximate surface area is 97.2 Å². The molecule has 0 aliphatic carbocycles. The van der Waals surface area contributed by atoms with Crippen LogP contribution in [0.5, 0.6) is 0 Å². The van der Waals surface area contributed by atoms with Crippen LogP contribution >= 0.6 is 36.1 Å². The van der Waals surface area contributed by atoms with Crippen LogP contribution in [-0.4, -0.2) is 16.2 Å². The van der Waals surface area contributed by atoms with E-state index in [2.05, 4.69) is 27.3 Å². The Balaban J connectivity index is 0.000000255. The maximum atomic E-state index is 9.88. The summed E-state index contributed by atoms with van der Waals surface area (Å²) in [6, 6.07) is 3.16. The number of carbonyl (C=O) groups excluding carboxylic acids is 1. The van der Waals surface area contributed by atoms with Crippen molar-refractivity contribution in [3.8, 4) is 0 Å². The van der Waals surface area contributed by atoms with Crippen molar-refractivity contribution < 1.29 is 8.98 Å². The van der Waals surface area contributed by atoms with Gasteiger partial charge in [0.2, 0.25) is 0 Å². The van der Waals surface area contributed by atoms with Crippen LogP contribution in [0.3, 0.4) is 0 Å². The Kier molecular flexibility index (Phi) is 7.55. The highest BCUT2D eigenvalue weighted by molar-refractivity contribution is 7.75. The molecular weight excluding hydrogens is 247 g/mol. The number of rotatable bonds is 1. The van der Waals surface area contributed by atoms with Crippen LogP contribution in [0.25, 0.3) is 0 Å². The molecule has 4 nitrogen and oxygen atoms in total. The fourth-order valence-electron chi connectivity index (χ4n) is 0.364. The van der Waals surface area contributed by atoms with Crippen LogP contribution in [0, 0.1) is 0 Å². The monoisotopic (exact) mass is 254 g/mol. The molecule has 0 fully saturated rings. The van der Waals surface area contributed by atoms with Crippen molar-refractivity contribution in [3.63, 3.8) is 0 Å². The van der Waals surface area contributed by atoms with E-state index in [-0.39, 0.29) is 5.97 Å². The van der Waals surface area contributed by atoms with Crippen molar-refractivity contribution >= 4 is 42.1 Å². The molecule has 78 valence electrons. The third-order valence-electron chi connectivity index (χ3n) is 0.990. The number of hydrogen-bond acceptors (Lipinski definition) is 5. The van der Waals surface area contributed by atoms with Crippen LogP contribution in [-0.2, 0) is 8.98 Å². The first-order valence-electron chi connectivity index (χ1n) is 3.59. The smallest absolute Gasteiger partial charge is 0.317 e. The molecule has 7 heteroatoms. The van der Waals surface area contributed by atoms with E-state index in [1.165, 1.54) is 0 Å². The molecule has 1 heterocycles. The molecule has 0 aliphatic heterocycles. The molecule has 0 bridgehead atoms. The standard InChI is InChI=1S/C4H2Cl2N2.C3H6O2S/c5-3-1-2-4(6)8-7-3;1-2-3(4)5-6/h1-2H;6H,2H2,1H3. The molecule has 0 amide bonds. The minimum atomic E-state index is -0.293. The van der Waals surface area contributed by atoms with Gasteiger partial charge in [0.1, 0.15) is 0 Å². The topological polar surface area (TPSA) is 52.1 Å². The van der Waals surface area contributed by atoms with E-state index in [1.54, 1.807) is 19.1 Å². The first kappa shape index (κ1) is 13.5. The van der Waals surface area contributed by atoms with Gasteiger partial charge in [-0.3, -0.25) is 4.79 Å². The Morgan fingerprint density at radius 2 is 1.86 bits per heavy atom. The predicted molar refractivity (Wildman–Crippen MR) is 57.4 cm³/mol. The molecule has 14 heavy (non-hydrogen) atoms. The molecule has 1 aromatic rings. The maximum Gasteiger partial charge on any atom is 0.317 e. The summed E-state index contributed by atoms with van der Waals surface area (Å²) in [5.41, 5.74) is 0. The molecule has 0 saturated carbocycles. The van der Waals surface area contributed by atoms with E-state index in [0.29, 0.717) is 16.7 Å². The lowest BCUT2D eigenvalue weighted by Gasteiger charge is -1.84. The van der Waals surface area contributed by atoms with E-state index >= 15 is 0 Å². The highest BCUT2D eigenvalue weighted by Crippen LogP contribution is 2.05. The maximum absolute atomic E-state index is 9.88. The Morgan fingerprint density at radius 1 is 1.43 bits per heavy atom. The molecule has 1 rings (SSSR count). The van der Waals surface area contributed by atoms with Crippen molar-refractivity contribution in [2.75, 3.05) is 0 Å². The average molecular weight is 255 g/mol. The summed E-state index contributed by atoms with van der Waals surface area (Å²) in [5, 5.41) is 7.64. The van der Waals surface area contributed by atoms with Gasteiger partial charge in [-0.15, -0.1) is 10.2 Å². The SMILES string of the molecule is CCC(=O)OS.Clc1ccc(Cl)nn1. The van der Waals surface area contributed by atoms with E-state index in [9.17, 15) is 4.79 Å². The molecule has 0 unspecified atom stereocenters. The lowest BCUT2D eigenvalue weighted by atomic mass is 10.5. The van der Waals surface area contributed by atoms with E-state index in [1.807, 2.05) is 0 Å². The van der Waals surface area contributed by atoms with Gasteiger partial charge >= 0.3 is 5.97 Å². The van der Waals surface area contributed by atoms with E-state index < -0.39 is 0 Å². The minimum Gasteiger partial charge on any atom is -0.395 e. The van der Waals surface area contributed by atoms with Gasteiger partial charge in [-0.25, -0.2) is 0 Å². The number of halogens is 2. The predicted octanol–water partition coefficient (Wildman–Crippen LogP) is 2.57. The normalized spacial score (nSPS) is 8.57. The summed E-state index contributed by atoms with van der Waals surface area (Å²) in [7, 11) is 0. The largest absolute Gasteiger partial charge is 0.395 e. The highest BCUT2D eigenvalue weighted by atomic mass is 35.5. The molecular formula is C7H8Cl2N2O2S. The zero-order valence-corrected chi connectivity index (χ0v) is 9.68. The summed E-state index contributed by atoms with van der Waals surface area (Å²) in [5.74, 6) is -0.293. The summed E-state index contributed by atoms with van der Waals surface area (Å²) in [4.78, 5) is 9.88. The van der Waals surface area contributed by atoms with Crippen molar-refractivity contribution in [3.05, 3.63) is 22.4 Å². The third-order valence-corrected chi connectivity index (χ3v) is 1.60. The molecule has 0 radical (unpaired) electrons. The van der Waals surface area contributed by atoms with Gasteiger partial charge in [-0.05, 0) is 12.1 Å². The third kappa shape index (κ3) is 6.94. The number of aromatic nitrogens is 2. The van der Waals surface area contributed by atoms with Crippen molar-refractivity contribution in [2.24, 2.45) is 0 Å². The second kappa shape index (κ2) is 7.84.